The molecule has 5 rings (SSSR count). The second-order valence-corrected chi connectivity index (χ2v) is 9.30. The van der Waals surface area contributed by atoms with Crippen molar-refractivity contribution in [1.82, 2.24) is 10.3 Å². The van der Waals surface area contributed by atoms with Gasteiger partial charge in [-0.2, -0.15) is 0 Å². The van der Waals surface area contributed by atoms with Gasteiger partial charge in [0.1, 0.15) is 10.8 Å². The molecule has 1 aromatic carbocycles. The Hall–Kier alpha value is -2.19. The van der Waals surface area contributed by atoms with Gasteiger partial charge >= 0.3 is 6.09 Å². The number of hydrogen-bond donors (Lipinski definition) is 1. The second kappa shape index (κ2) is 7.50. The van der Waals surface area contributed by atoms with Gasteiger partial charge in [0, 0.05) is 35.6 Å². The summed E-state index contributed by atoms with van der Waals surface area (Å²) in [5, 5.41) is 5.40. The molecule has 0 bridgehead atoms. The van der Waals surface area contributed by atoms with Crippen LogP contribution in [0.15, 0.2) is 17.5 Å². The van der Waals surface area contributed by atoms with E-state index in [2.05, 4.69) is 10.3 Å². The van der Waals surface area contributed by atoms with Gasteiger partial charge in [0.2, 0.25) is 0 Å². The molecule has 0 spiro atoms. The predicted molar refractivity (Wildman–Crippen MR) is 114 cm³/mol. The number of carbonyl (C=O) groups is 1. The molecule has 1 saturated carbocycles. The highest BCUT2D eigenvalue weighted by Crippen LogP contribution is 2.45. The molecule has 3 heterocycles. The number of aromatic nitrogens is 1. The number of carbonyl (C=O) groups excluding carboxylic acids is 1. The fraction of sp³-hybridized carbons (Fsp3) is 0.545. The number of thiazole rings is 1. The van der Waals surface area contributed by atoms with Crippen LogP contribution in [0.1, 0.15) is 43.2 Å². The number of amides is 1. The molecular weight excluding hydrogens is 405 g/mol. The molecule has 2 aromatic rings. The summed E-state index contributed by atoms with van der Waals surface area (Å²) in [6, 6.07) is 3.94. The van der Waals surface area contributed by atoms with Gasteiger partial charge < -0.3 is 14.8 Å². The Balaban J connectivity index is 1.58. The quantitative estimate of drug-likeness (QED) is 0.777. The number of nitrogens with one attached hydrogen (secondary N) is 1. The van der Waals surface area contributed by atoms with Crippen LogP contribution in [-0.2, 0) is 16.8 Å². The van der Waals surface area contributed by atoms with Crippen molar-refractivity contribution < 1.29 is 18.7 Å². The second-order valence-electron chi connectivity index (χ2n) is 8.45. The number of ether oxygens (including phenoxy) is 2. The monoisotopic (exact) mass is 431 g/mol. The van der Waals surface area contributed by atoms with Gasteiger partial charge in [0.15, 0.2) is 5.67 Å². The topological polar surface area (TPSA) is 63.7 Å². The molecule has 8 heteroatoms. The van der Waals surface area contributed by atoms with Gasteiger partial charge in [-0.3, -0.25) is 4.90 Å². The molecule has 2 aliphatic heterocycles. The highest BCUT2D eigenvalue weighted by Gasteiger charge is 2.42. The number of hydrogen-bond acceptors (Lipinski definition) is 6. The van der Waals surface area contributed by atoms with Crippen LogP contribution in [0.5, 0.6) is 5.75 Å². The fourth-order valence-corrected chi connectivity index (χ4v) is 5.18. The molecule has 1 aromatic heterocycles. The SMILES string of the molecule is COC(=O)N1c2ccc(-c3csc(C4(F)CNC4)n3)c(OC3CCC3)c2CCC1C. The first kappa shape index (κ1) is 19.8. The first-order valence-electron chi connectivity index (χ1n) is 10.6. The third-order valence-electron chi connectivity index (χ3n) is 6.43. The lowest BCUT2D eigenvalue weighted by Crippen LogP contribution is -2.53. The molecule has 1 saturated heterocycles. The smallest absolute Gasteiger partial charge is 0.414 e. The number of alkyl halides is 1. The Bertz CT molecular complexity index is 971. The van der Waals surface area contributed by atoms with E-state index in [9.17, 15) is 9.18 Å². The summed E-state index contributed by atoms with van der Waals surface area (Å²) >= 11 is 1.36. The summed E-state index contributed by atoms with van der Waals surface area (Å²) in [6.07, 6.45) is 4.69. The van der Waals surface area contributed by atoms with Gasteiger partial charge in [-0.15, -0.1) is 11.3 Å². The molecule has 1 N–H and O–H groups in total. The van der Waals surface area contributed by atoms with E-state index >= 15 is 0 Å². The number of nitrogens with zero attached hydrogens (tertiary/aromatic N) is 2. The molecule has 1 amide bonds. The van der Waals surface area contributed by atoms with Crippen molar-refractivity contribution in [2.24, 2.45) is 0 Å². The van der Waals surface area contributed by atoms with Crippen LogP contribution in [0.2, 0.25) is 0 Å². The third-order valence-corrected chi connectivity index (χ3v) is 7.45. The van der Waals surface area contributed by atoms with Crippen molar-refractivity contribution in [3.8, 4) is 17.0 Å². The Morgan fingerprint density at radius 2 is 2.13 bits per heavy atom. The van der Waals surface area contributed by atoms with Gasteiger partial charge in [-0.1, -0.05) is 0 Å². The predicted octanol–water partition coefficient (Wildman–Crippen LogP) is 4.42. The highest BCUT2D eigenvalue weighted by molar-refractivity contribution is 7.10. The zero-order valence-corrected chi connectivity index (χ0v) is 18.1. The van der Waals surface area contributed by atoms with Crippen molar-refractivity contribution in [2.45, 2.75) is 56.8 Å². The molecule has 3 aliphatic rings. The van der Waals surface area contributed by atoms with Crippen LogP contribution in [0.4, 0.5) is 14.9 Å². The van der Waals surface area contributed by atoms with Gasteiger partial charge in [-0.05, 0) is 51.2 Å². The van der Waals surface area contributed by atoms with Crippen LogP contribution < -0.4 is 15.0 Å². The van der Waals surface area contributed by atoms with E-state index in [1.54, 1.807) is 4.90 Å². The third kappa shape index (κ3) is 3.17. The van der Waals surface area contributed by atoms with Crippen LogP contribution in [0.25, 0.3) is 11.3 Å². The molecule has 1 aliphatic carbocycles. The van der Waals surface area contributed by atoms with Crippen molar-refractivity contribution in [3.05, 3.63) is 28.1 Å². The molecule has 1 atom stereocenters. The number of fused-ring (bicyclic) bond motifs is 1. The summed E-state index contributed by atoms with van der Waals surface area (Å²) in [7, 11) is 1.41. The number of rotatable bonds is 4. The average molecular weight is 432 g/mol. The zero-order chi connectivity index (χ0) is 20.9. The van der Waals surface area contributed by atoms with Gasteiger partial charge in [-0.25, -0.2) is 14.2 Å². The van der Waals surface area contributed by atoms with Gasteiger partial charge in [0.05, 0.1) is 24.6 Å². The van der Waals surface area contributed by atoms with Crippen molar-refractivity contribution in [1.29, 1.82) is 0 Å². The van der Waals surface area contributed by atoms with Crippen LogP contribution in [-0.4, -0.2) is 43.4 Å². The minimum atomic E-state index is -1.37. The summed E-state index contributed by atoms with van der Waals surface area (Å²) in [5.74, 6) is 0.787. The summed E-state index contributed by atoms with van der Waals surface area (Å²) in [5.41, 5.74) is 2.08. The normalized spacial score (nSPS) is 22.6. The molecule has 160 valence electrons. The van der Waals surface area contributed by atoms with Crippen molar-refractivity contribution in [3.63, 3.8) is 0 Å². The summed E-state index contributed by atoms with van der Waals surface area (Å²) in [4.78, 5) is 18.8. The average Bonchev–Trinajstić information content (AvgIpc) is 3.18. The summed E-state index contributed by atoms with van der Waals surface area (Å²) < 4.78 is 26.3. The van der Waals surface area contributed by atoms with Gasteiger partial charge in [0.25, 0.3) is 0 Å². The Labute approximate surface area is 179 Å². The molecule has 0 radical (unpaired) electrons. The number of halogens is 1. The van der Waals surface area contributed by atoms with Crippen molar-refractivity contribution >= 4 is 23.1 Å². The molecular formula is C22H26FN3O3S. The summed E-state index contributed by atoms with van der Waals surface area (Å²) in [6.45, 7) is 2.64. The van der Waals surface area contributed by atoms with Crippen LogP contribution in [0.3, 0.4) is 0 Å². The Morgan fingerprint density at radius 1 is 1.33 bits per heavy atom. The van der Waals surface area contributed by atoms with E-state index in [1.165, 1.54) is 24.9 Å². The zero-order valence-electron chi connectivity index (χ0n) is 17.2. The Morgan fingerprint density at radius 3 is 2.77 bits per heavy atom. The van der Waals surface area contributed by atoms with E-state index in [0.29, 0.717) is 18.1 Å². The van der Waals surface area contributed by atoms with E-state index in [1.807, 2.05) is 24.4 Å². The number of methoxy groups -OCH3 is 1. The lowest BCUT2D eigenvalue weighted by Gasteiger charge is -2.36. The van der Waals surface area contributed by atoms with E-state index < -0.39 is 5.67 Å². The van der Waals surface area contributed by atoms with E-state index in [-0.39, 0.29) is 18.2 Å². The fourth-order valence-electron chi connectivity index (χ4n) is 4.27. The largest absolute Gasteiger partial charge is 0.489 e. The minimum absolute atomic E-state index is 0.0516. The first-order chi connectivity index (χ1) is 14.5. The number of anilines is 1. The molecule has 30 heavy (non-hydrogen) atoms. The highest BCUT2D eigenvalue weighted by atomic mass is 32.1. The number of benzene rings is 1. The lowest BCUT2D eigenvalue weighted by atomic mass is 9.92. The van der Waals surface area contributed by atoms with Crippen LogP contribution in [0, 0.1) is 0 Å². The molecule has 6 nitrogen and oxygen atoms in total. The van der Waals surface area contributed by atoms with Crippen molar-refractivity contribution in [2.75, 3.05) is 25.1 Å². The minimum Gasteiger partial charge on any atom is -0.489 e. The maximum Gasteiger partial charge on any atom is 0.414 e. The standard InChI is InChI=1S/C22H26FN3O3S/c1-13-6-7-16-18(26(13)21(27)28-2)9-8-15(19(16)29-14-4-3-5-14)17-10-30-20(25-17)22(23)11-24-12-22/h8-10,13-14,24H,3-7,11-12H2,1-2H3. The molecule has 2 fully saturated rings. The maximum absolute atomic E-state index is 14.8. The lowest BCUT2D eigenvalue weighted by molar-refractivity contribution is 0.0888. The molecule has 1 unspecified atom stereocenters. The maximum atomic E-state index is 14.8. The van der Waals surface area contributed by atoms with E-state index in [0.717, 1.165) is 53.9 Å². The van der Waals surface area contributed by atoms with E-state index in [4.69, 9.17) is 9.47 Å². The first-order valence-corrected chi connectivity index (χ1v) is 11.4. The van der Waals surface area contributed by atoms with Crippen LogP contribution >= 0.6 is 11.3 Å². The Kier molecular flexibility index (Phi) is 4.94.